The molecule has 116 valence electrons. The fraction of sp³-hybridized carbons (Fsp3) is 0.438. The number of rotatable bonds is 3. The molecule has 0 atom stereocenters. The summed E-state index contributed by atoms with van der Waals surface area (Å²) in [6, 6.07) is 0. The molecule has 2 aromatic heterocycles. The van der Waals surface area contributed by atoms with Gasteiger partial charge >= 0.3 is 5.97 Å². The molecule has 0 saturated heterocycles. The third-order valence-corrected chi connectivity index (χ3v) is 4.27. The molecule has 0 unspecified atom stereocenters. The van der Waals surface area contributed by atoms with Crippen LogP contribution in [0.25, 0.3) is 0 Å². The van der Waals surface area contributed by atoms with Gasteiger partial charge in [-0.3, -0.25) is 4.90 Å². The summed E-state index contributed by atoms with van der Waals surface area (Å²) >= 11 is 0. The topological polar surface area (TPSA) is 82.1 Å². The molecule has 2 N–H and O–H groups in total. The summed E-state index contributed by atoms with van der Waals surface area (Å²) in [5.41, 5.74) is 5.22. The molecule has 6 nitrogen and oxygen atoms in total. The summed E-state index contributed by atoms with van der Waals surface area (Å²) in [7, 11) is 0. The Morgan fingerprint density at radius 2 is 2.18 bits per heavy atom. The number of fused-ring (bicyclic) bond motifs is 1. The number of aromatic nitrogens is 3. The number of carbonyl (C=O) groups is 1. The summed E-state index contributed by atoms with van der Waals surface area (Å²) in [4.78, 5) is 25.6. The Labute approximate surface area is 129 Å². The standard InChI is InChI=1S/C16H20N4O2/c1-9-14(18-10(2)15(9)16(21)22)8-20-5-4-13-12(7-20)6-17-11(3)19-13/h6,18H,4-5,7-8H2,1-3H3,(H,21,22). The lowest BCUT2D eigenvalue weighted by Gasteiger charge is -2.27. The molecule has 1 aliphatic heterocycles. The average Bonchev–Trinajstić information content (AvgIpc) is 2.73. The number of hydrogen-bond acceptors (Lipinski definition) is 4. The van der Waals surface area contributed by atoms with Gasteiger partial charge in [0.05, 0.1) is 5.56 Å². The molecule has 0 radical (unpaired) electrons. The first kappa shape index (κ1) is 14.7. The van der Waals surface area contributed by atoms with Crippen LogP contribution in [0.15, 0.2) is 6.20 Å². The van der Waals surface area contributed by atoms with Crippen LogP contribution < -0.4 is 0 Å². The van der Waals surface area contributed by atoms with Crippen molar-refractivity contribution in [2.45, 2.75) is 40.3 Å². The van der Waals surface area contributed by atoms with Gasteiger partial charge in [-0.1, -0.05) is 0 Å². The minimum absolute atomic E-state index is 0.395. The number of carboxylic acids is 1. The Hall–Kier alpha value is -2.21. The first-order chi connectivity index (χ1) is 10.5. The minimum Gasteiger partial charge on any atom is -0.478 e. The highest BCUT2D eigenvalue weighted by molar-refractivity contribution is 5.91. The van der Waals surface area contributed by atoms with Gasteiger partial charge in [0.2, 0.25) is 0 Å². The van der Waals surface area contributed by atoms with Crippen molar-refractivity contribution in [3.8, 4) is 0 Å². The van der Waals surface area contributed by atoms with E-state index < -0.39 is 5.97 Å². The van der Waals surface area contributed by atoms with Crippen molar-refractivity contribution in [2.75, 3.05) is 6.54 Å². The van der Waals surface area contributed by atoms with Crippen LogP contribution >= 0.6 is 0 Å². The maximum atomic E-state index is 11.3. The molecule has 2 aromatic rings. The molecule has 22 heavy (non-hydrogen) atoms. The van der Waals surface area contributed by atoms with E-state index in [4.69, 9.17) is 0 Å². The van der Waals surface area contributed by atoms with Crippen molar-refractivity contribution in [1.82, 2.24) is 19.9 Å². The van der Waals surface area contributed by atoms with Gasteiger partial charge in [-0.2, -0.15) is 0 Å². The van der Waals surface area contributed by atoms with Gasteiger partial charge in [0.1, 0.15) is 5.82 Å². The number of aromatic amines is 1. The molecule has 0 bridgehead atoms. The number of nitrogens with zero attached hydrogens (tertiary/aromatic N) is 3. The van der Waals surface area contributed by atoms with E-state index >= 15 is 0 Å². The van der Waals surface area contributed by atoms with E-state index in [9.17, 15) is 9.90 Å². The van der Waals surface area contributed by atoms with Gasteiger partial charge in [0.25, 0.3) is 0 Å². The van der Waals surface area contributed by atoms with Crippen LogP contribution in [0, 0.1) is 20.8 Å². The summed E-state index contributed by atoms with van der Waals surface area (Å²) in [5, 5.41) is 9.27. The first-order valence-corrected chi connectivity index (χ1v) is 7.40. The monoisotopic (exact) mass is 300 g/mol. The number of aryl methyl sites for hydroxylation is 2. The number of aromatic carboxylic acids is 1. The number of hydrogen-bond donors (Lipinski definition) is 2. The molecule has 0 spiro atoms. The fourth-order valence-corrected chi connectivity index (χ4v) is 3.13. The maximum absolute atomic E-state index is 11.3. The SMILES string of the molecule is Cc1ncc2c(n1)CCN(Cc1[nH]c(C)c(C(=O)O)c1C)C2. The van der Waals surface area contributed by atoms with E-state index in [-0.39, 0.29) is 0 Å². The van der Waals surface area contributed by atoms with Crippen LogP contribution in [-0.4, -0.2) is 37.5 Å². The molecule has 0 saturated carbocycles. The molecule has 0 fully saturated rings. The van der Waals surface area contributed by atoms with Crippen LogP contribution in [-0.2, 0) is 19.5 Å². The van der Waals surface area contributed by atoms with Crippen molar-refractivity contribution in [3.63, 3.8) is 0 Å². The summed E-state index contributed by atoms with van der Waals surface area (Å²) in [6.07, 6.45) is 2.81. The van der Waals surface area contributed by atoms with Gasteiger partial charge in [-0.25, -0.2) is 14.8 Å². The van der Waals surface area contributed by atoms with Crippen molar-refractivity contribution in [3.05, 3.63) is 45.8 Å². The van der Waals surface area contributed by atoms with E-state index in [0.29, 0.717) is 12.1 Å². The smallest absolute Gasteiger partial charge is 0.337 e. The third-order valence-electron chi connectivity index (χ3n) is 4.27. The molecular formula is C16H20N4O2. The Kier molecular flexibility index (Phi) is 3.70. The highest BCUT2D eigenvalue weighted by Crippen LogP contribution is 2.22. The Morgan fingerprint density at radius 1 is 1.41 bits per heavy atom. The second-order valence-electron chi connectivity index (χ2n) is 5.88. The van der Waals surface area contributed by atoms with Crippen LogP contribution in [0.4, 0.5) is 0 Å². The molecule has 0 aromatic carbocycles. The highest BCUT2D eigenvalue weighted by atomic mass is 16.4. The van der Waals surface area contributed by atoms with Crippen LogP contribution in [0.2, 0.25) is 0 Å². The predicted octanol–water partition coefficient (Wildman–Crippen LogP) is 1.99. The predicted molar refractivity (Wildman–Crippen MR) is 81.8 cm³/mol. The van der Waals surface area contributed by atoms with Gasteiger partial charge in [-0.05, 0) is 26.3 Å². The summed E-state index contributed by atoms with van der Waals surface area (Å²) < 4.78 is 0. The zero-order valence-corrected chi connectivity index (χ0v) is 13.1. The Balaban J connectivity index is 1.79. The van der Waals surface area contributed by atoms with Crippen LogP contribution in [0.3, 0.4) is 0 Å². The fourth-order valence-electron chi connectivity index (χ4n) is 3.13. The van der Waals surface area contributed by atoms with Gasteiger partial charge in [-0.15, -0.1) is 0 Å². The molecule has 0 aliphatic carbocycles. The minimum atomic E-state index is -0.870. The van der Waals surface area contributed by atoms with Crippen molar-refractivity contribution in [2.24, 2.45) is 0 Å². The Morgan fingerprint density at radius 3 is 2.86 bits per heavy atom. The van der Waals surface area contributed by atoms with E-state index in [1.807, 2.05) is 27.0 Å². The molecule has 3 rings (SSSR count). The number of nitrogens with one attached hydrogen (secondary N) is 1. The lowest BCUT2D eigenvalue weighted by atomic mass is 10.1. The molecule has 6 heteroatoms. The molecule has 0 amide bonds. The molecule has 3 heterocycles. The van der Waals surface area contributed by atoms with Crippen LogP contribution in [0.5, 0.6) is 0 Å². The van der Waals surface area contributed by atoms with E-state index in [2.05, 4.69) is 19.9 Å². The van der Waals surface area contributed by atoms with Crippen LogP contribution in [0.1, 0.15) is 44.4 Å². The van der Waals surface area contributed by atoms with E-state index in [1.165, 1.54) is 0 Å². The lowest BCUT2D eigenvalue weighted by Crippen LogP contribution is -2.31. The molecule has 1 aliphatic rings. The number of carboxylic acid groups (broad SMARTS) is 1. The second-order valence-corrected chi connectivity index (χ2v) is 5.88. The van der Waals surface area contributed by atoms with E-state index in [1.54, 1.807) is 0 Å². The van der Waals surface area contributed by atoms with Gasteiger partial charge < -0.3 is 10.1 Å². The third kappa shape index (κ3) is 2.62. The summed E-state index contributed by atoms with van der Waals surface area (Å²) in [5.74, 6) is -0.0560. The van der Waals surface area contributed by atoms with E-state index in [0.717, 1.165) is 53.5 Å². The largest absolute Gasteiger partial charge is 0.478 e. The Bertz CT molecular complexity index is 736. The number of H-pyrrole nitrogens is 1. The average molecular weight is 300 g/mol. The highest BCUT2D eigenvalue weighted by Gasteiger charge is 2.22. The summed E-state index contributed by atoms with van der Waals surface area (Å²) in [6.45, 7) is 8.02. The van der Waals surface area contributed by atoms with Crippen molar-refractivity contribution < 1.29 is 9.90 Å². The molecular weight excluding hydrogens is 280 g/mol. The maximum Gasteiger partial charge on any atom is 0.337 e. The second kappa shape index (κ2) is 5.53. The lowest BCUT2D eigenvalue weighted by molar-refractivity contribution is 0.0695. The quantitative estimate of drug-likeness (QED) is 0.906. The van der Waals surface area contributed by atoms with Gasteiger partial charge in [0, 0.05) is 54.9 Å². The zero-order chi connectivity index (χ0) is 15.9. The van der Waals surface area contributed by atoms with Crippen molar-refractivity contribution in [1.29, 1.82) is 0 Å². The van der Waals surface area contributed by atoms with Gasteiger partial charge in [0.15, 0.2) is 0 Å². The first-order valence-electron chi connectivity index (χ1n) is 7.40. The zero-order valence-electron chi connectivity index (χ0n) is 13.1. The van der Waals surface area contributed by atoms with Crippen molar-refractivity contribution >= 4 is 5.97 Å². The normalized spacial score (nSPS) is 14.9.